The second-order valence-corrected chi connectivity index (χ2v) is 4.66. The SMILES string of the molecule is Cc1cccnc1CNC(=O)CC(N)C(C)C. The molecule has 0 bridgehead atoms. The minimum absolute atomic E-state index is 0.0174. The zero-order valence-corrected chi connectivity index (χ0v) is 10.7. The van der Waals surface area contributed by atoms with Crippen LogP contribution in [0.1, 0.15) is 31.5 Å². The van der Waals surface area contributed by atoms with Gasteiger partial charge >= 0.3 is 0 Å². The molecule has 1 heterocycles. The van der Waals surface area contributed by atoms with E-state index in [1.165, 1.54) is 0 Å². The summed E-state index contributed by atoms with van der Waals surface area (Å²) >= 11 is 0. The number of aryl methyl sites for hydroxylation is 1. The Labute approximate surface area is 103 Å². The van der Waals surface area contributed by atoms with Crippen LogP contribution in [-0.2, 0) is 11.3 Å². The summed E-state index contributed by atoms with van der Waals surface area (Å²) in [4.78, 5) is 15.8. The topological polar surface area (TPSA) is 68.0 Å². The molecule has 0 aromatic carbocycles. The molecule has 0 aliphatic carbocycles. The van der Waals surface area contributed by atoms with Crippen LogP contribution in [0.25, 0.3) is 0 Å². The fraction of sp³-hybridized carbons (Fsp3) is 0.538. The van der Waals surface area contributed by atoms with Crippen LogP contribution in [0, 0.1) is 12.8 Å². The Kier molecular flexibility index (Phi) is 5.10. The summed E-state index contributed by atoms with van der Waals surface area (Å²) in [6, 6.07) is 3.78. The van der Waals surface area contributed by atoms with Gasteiger partial charge < -0.3 is 11.1 Å². The molecule has 1 aromatic heterocycles. The molecule has 0 fully saturated rings. The molecule has 1 amide bonds. The van der Waals surface area contributed by atoms with Crippen LogP contribution >= 0.6 is 0 Å². The number of hydrogen-bond acceptors (Lipinski definition) is 3. The maximum absolute atomic E-state index is 11.6. The average Bonchev–Trinajstić information content (AvgIpc) is 2.27. The summed E-state index contributed by atoms with van der Waals surface area (Å²) in [6.07, 6.45) is 2.10. The normalized spacial score (nSPS) is 12.5. The highest BCUT2D eigenvalue weighted by molar-refractivity contribution is 5.76. The molecule has 0 aliphatic rings. The third-order valence-corrected chi connectivity index (χ3v) is 2.85. The van der Waals surface area contributed by atoms with Gasteiger partial charge in [-0.1, -0.05) is 19.9 Å². The number of nitrogens with one attached hydrogen (secondary N) is 1. The maximum atomic E-state index is 11.6. The first-order chi connectivity index (χ1) is 8.00. The standard InChI is InChI=1S/C13H21N3O/c1-9(2)11(14)7-13(17)16-8-12-10(3)5-4-6-15-12/h4-6,9,11H,7-8,14H2,1-3H3,(H,16,17). The van der Waals surface area contributed by atoms with Gasteiger partial charge in [-0.15, -0.1) is 0 Å². The van der Waals surface area contributed by atoms with Gasteiger partial charge in [-0.05, 0) is 24.5 Å². The minimum atomic E-state index is -0.0835. The molecule has 1 unspecified atom stereocenters. The molecule has 0 saturated heterocycles. The number of aromatic nitrogens is 1. The van der Waals surface area contributed by atoms with Gasteiger partial charge in [-0.2, -0.15) is 0 Å². The van der Waals surface area contributed by atoms with Crippen molar-refractivity contribution in [2.45, 2.75) is 39.8 Å². The first-order valence-corrected chi connectivity index (χ1v) is 5.93. The van der Waals surface area contributed by atoms with E-state index in [-0.39, 0.29) is 11.9 Å². The van der Waals surface area contributed by atoms with E-state index in [1.54, 1.807) is 6.20 Å². The van der Waals surface area contributed by atoms with Crippen molar-refractivity contribution in [3.8, 4) is 0 Å². The van der Waals surface area contributed by atoms with E-state index in [4.69, 9.17) is 5.73 Å². The van der Waals surface area contributed by atoms with Gasteiger partial charge in [0.25, 0.3) is 0 Å². The molecular formula is C13H21N3O. The fourth-order valence-electron chi connectivity index (χ4n) is 1.41. The van der Waals surface area contributed by atoms with Gasteiger partial charge in [0.15, 0.2) is 0 Å². The van der Waals surface area contributed by atoms with Crippen molar-refractivity contribution in [2.75, 3.05) is 0 Å². The highest BCUT2D eigenvalue weighted by Gasteiger charge is 2.12. The quantitative estimate of drug-likeness (QED) is 0.810. The number of carbonyl (C=O) groups excluding carboxylic acids is 1. The number of amides is 1. The molecule has 0 spiro atoms. The Morgan fingerprint density at radius 2 is 2.24 bits per heavy atom. The van der Waals surface area contributed by atoms with Gasteiger partial charge in [0, 0.05) is 18.7 Å². The van der Waals surface area contributed by atoms with Crippen molar-refractivity contribution in [3.05, 3.63) is 29.6 Å². The fourth-order valence-corrected chi connectivity index (χ4v) is 1.41. The molecule has 1 rings (SSSR count). The Morgan fingerprint density at radius 1 is 1.53 bits per heavy atom. The number of nitrogens with two attached hydrogens (primary N) is 1. The van der Waals surface area contributed by atoms with Gasteiger partial charge in [-0.3, -0.25) is 9.78 Å². The Hall–Kier alpha value is -1.42. The number of carbonyl (C=O) groups is 1. The van der Waals surface area contributed by atoms with Crippen LogP contribution < -0.4 is 11.1 Å². The second-order valence-electron chi connectivity index (χ2n) is 4.66. The predicted molar refractivity (Wildman–Crippen MR) is 68.3 cm³/mol. The number of pyridine rings is 1. The lowest BCUT2D eigenvalue weighted by Gasteiger charge is -2.15. The lowest BCUT2D eigenvalue weighted by atomic mass is 10.0. The van der Waals surface area contributed by atoms with Gasteiger partial charge in [-0.25, -0.2) is 0 Å². The Morgan fingerprint density at radius 3 is 2.82 bits per heavy atom. The van der Waals surface area contributed by atoms with Crippen LogP contribution in [0.3, 0.4) is 0 Å². The third kappa shape index (κ3) is 4.53. The van der Waals surface area contributed by atoms with E-state index < -0.39 is 0 Å². The molecule has 1 aromatic rings. The van der Waals surface area contributed by atoms with Crippen LogP contribution in [-0.4, -0.2) is 16.9 Å². The summed E-state index contributed by atoms with van der Waals surface area (Å²) < 4.78 is 0. The van der Waals surface area contributed by atoms with E-state index >= 15 is 0 Å². The molecule has 4 nitrogen and oxygen atoms in total. The van der Waals surface area contributed by atoms with Crippen molar-refractivity contribution < 1.29 is 4.79 Å². The number of nitrogens with zero attached hydrogens (tertiary/aromatic N) is 1. The highest BCUT2D eigenvalue weighted by atomic mass is 16.1. The molecule has 17 heavy (non-hydrogen) atoms. The van der Waals surface area contributed by atoms with Crippen LogP contribution in [0.2, 0.25) is 0 Å². The summed E-state index contributed by atoms with van der Waals surface area (Å²) in [5.41, 5.74) is 7.83. The molecular weight excluding hydrogens is 214 g/mol. The van der Waals surface area contributed by atoms with Gasteiger partial charge in [0.1, 0.15) is 0 Å². The minimum Gasteiger partial charge on any atom is -0.350 e. The van der Waals surface area contributed by atoms with Crippen LogP contribution in [0.4, 0.5) is 0 Å². The van der Waals surface area contributed by atoms with Crippen molar-refractivity contribution in [1.82, 2.24) is 10.3 Å². The largest absolute Gasteiger partial charge is 0.350 e. The molecule has 0 saturated carbocycles. The predicted octanol–water partition coefficient (Wildman–Crippen LogP) is 1.38. The van der Waals surface area contributed by atoms with Crippen LogP contribution in [0.5, 0.6) is 0 Å². The average molecular weight is 235 g/mol. The number of rotatable bonds is 5. The van der Waals surface area contributed by atoms with Crippen LogP contribution in [0.15, 0.2) is 18.3 Å². The molecule has 0 aliphatic heterocycles. The summed E-state index contributed by atoms with van der Waals surface area (Å²) in [6.45, 7) is 6.48. The smallest absolute Gasteiger partial charge is 0.221 e. The van der Waals surface area contributed by atoms with Crippen molar-refractivity contribution >= 4 is 5.91 Å². The molecule has 0 radical (unpaired) electrons. The summed E-state index contributed by atoms with van der Waals surface area (Å²) in [7, 11) is 0. The van der Waals surface area contributed by atoms with E-state index in [0.29, 0.717) is 18.9 Å². The zero-order valence-electron chi connectivity index (χ0n) is 10.7. The van der Waals surface area contributed by atoms with E-state index in [2.05, 4.69) is 10.3 Å². The molecule has 3 N–H and O–H groups in total. The van der Waals surface area contributed by atoms with Crippen molar-refractivity contribution in [2.24, 2.45) is 11.7 Å². The first-order valence-electron chi connectivity index (χ1n) is 5.93. The van der Waals surface area contributed by atoms with Crippen molar-refractivity contribution in [3.63, 3.8) is 0 Å². The Balaban J connectivity index is 2.41. The summed E-state index contributed by atoms with van der Waals surface area (Å²) in [5.74, 6) is 0.300. The Bertz CT molecular complexity index is 377. The maximum Gasteiger partial charge on any atom is 0.221 e. The van der Waals surface area contributed by atoms with E-state index in [1.807, 2.05) is 32.9 Å². The molecule has 1 atom stereocenters. The number of hydrogen-bond donors (Lipinski definition) is 2. The van der Waals surface area contributed by atoms with Gasteiger partial charge in [0.05, 0.1) is 12.2 Å². The first kappa shape index (κ1) is 13.6. The molecule has 94 valence electrons. The lowest BCUT2D eigenvalue weighted by molar-refractivity contribution is -0.121. The second kappa shape index (κ2) is 6.35. The van der Waals surface area contributed by atoms with E-state index in [9.17, 15) is 4.79 Å². The summed E-state index contributed by atoms with van der Waals surface area (Å²) in [5, 5.41) is 2.84. The molecule has 4 heteroatoms. The lowest BCUT2D eigenvalue weighted by Crippen LogP contribution is -2.34. The monoisotopic (exact) mass is 235 g/mol. The highest BCUT2D eigenvalue weighted by Crippen LogP contribution is 2.04. The zero-order chi connectivity index (χ0) is 12.8. The third-order valence-electron chi connectivity index (χ3n) is 2.85. The van der Waals surface area contributed by atoms with Crippen molar-refractivity contribution in [1.29, 1.82) is 0 Å². The van der Waals surface area contributed by atoms with Gasteiger partial charge in [0.2, 0.25) is 5.91 Å². The van der Waals surface area contributed by atoms with E-state index in [0.717, 1.165) is 11.3 Å².